The van der Waals surface area contributed by atoms with Crippen LogP contribution in [0.1, 0.15) is 24.0 Å². The Bertz CT molecular complexity index is 835. The summed E-state index contributed by atoms with van der Waals surface area (Å²) in [6, 6.07) is 13.4. The van der Waals surface area contributed by atoms with Crippen molar-refractivity contribution in [1.29, 1.82) is 0 Å². The maximum atomic E-state index is 6.56. The first-order valence-corrected chi connectivity index (χ1v) is 8.90. The summed E-state index contributed by atoms with van der Waals surface area (Å²) in [6.45, 7) is 0. The van der Waals surface area contributed by atoms with Gasteiger partial charge in [-0.15, -0.1) is 0 Å². The molecule has 3 rings (SSSR count). The van der Waals surface area contributed by atoms with Crippen molar-refractivity contribution in [3.8, 4) is 5.75 Å². The molecule has 124 valence electrons. The van der Waals surface area contributed by atoms with Crippen LogP contribution >= 0.6 is 46.4 Å². The summed E-state index contributed by atoms with van der Waals surface area (Å²) in [5, 5.41) is 2.30. The highest BCUT2D eigenvalue weighted by Crippen LogP contribution is 2.45. The Kier molecular flexibility index (Phi) is 5.46. The van der Waals surface area contributed by atoms with Crippen LogP contribution in [0.25, 0.3) is 11.1 Å². The zero-order chi connectivity index (χ0) is 17.3. The van der Waals surface area contributed by atoms with Gasteiger partial charge < -0.3 is 4.74 Å². The minimum Gasteiger partial charge on any atom is -0.497 e. The molecule has 2 aromatic rings. The van der Waals surface area contributed by atoms with E-state index in [1.165, 1.54) is 0 Å². The van der Waals surface area contributed by atoms with E-state index >= 15 is 0 Å². The summed E-state index contributed by atoms with van der Waals surface area (Å²) in [5.41, 5.74) is 4.01. The Morgan fingerprint density at radius 3 is 2.08 bits per heavy atom. The molecular weight excluding hydrogens is 386 g/mol. The Morgan fingerprint density at radius 2 is 1.46 bits per heavy atom. The van der Waals surface area contributed by atoms with E-state index in [0.29, 0.717) is 26.5 Å². The molecule has 0 amide bonds. The lowest BCUT2D eigenvalue weighted by Crippen LogP contribution is -2.01. The second-order valence-electron chi connectivity index (χ2n) is 5.43. The minimum atomic E-state index is 0.521. The van der Waals surface area contributed by atoms with Gasteiger partial charge in [0.05, 0.1) is 22.2 Å². The first-order chi connectivity index (χ1) is 11.5. The Labute approximate surface area is 161 Å². The number of hydrogen-bond donors (Lipinski definition) is 0. The lowest BCUT2D eigenvalue weighted by Gasteiger charge is -2.22. The van der Waals surface area contributed by atoms with E-state index in [2.05, 4.69) is 0 Å². The van der Waals surface area contributed by atoms with Gasteiger partial charge >= 0.3 is 0 Å². The van der Waals surface area contributed by atoms with Gasteiger partial charge in [0, 0.05) is 10.6 Å². The molecule has 0 bridgehead atoms. The summed E-state index contributed by atoms with van der Waals surface area (Å²) in [6.07, 6.45) is 1.49. The van der Waals surface area contributed by atoms with E-state index in [1.807, 2.05) is 36.4 Å². The largest absolute Gasteiger partial charge is 0.497 e. The number of rotatable bonds is 3. The smallest absolute Gasteiger partial charge is 0.118 e. The standard InChI is InChI=1S/C19H14Cl4O/c1-24-13-5-2-11(3-6-13)18-14(7-9-16(21)19(18)23)12-4-8-15(20)17(22)10-12/h2-6,8,10H,7,9H2,1H3. The van der Waals surface area contributed by atoms with E-state index in [4.69, 9.17) is 51.1 Å². The number of benzene rings is 2. The zero-order valence-corrected chi connectivity index (χ0v) is 15.9. The summed E-state index contributed by atoms with van der Waals surface area (Å²) in [5.74, 6) is 0.789. The topological polar surface area (TPSA) is 9.23 Å². The van der Waals surface area contributed by atoms with Crippen LogP contribution in [0.3, 0.4) is 0 Å². The lowest BCUT2D eigenvalue weighted by atomic mass is 9.87. The second-order valence-corrected chi connectivity index (χ2v) is 7.08. The van der Waals surface area contributed by atoms with Gasteiger partial charge in [-0.2, -0.15) is 0 Å². The van der Waals surface area contributed by atoms with Crippen molar-refractivity contribution >= 4 is 57.5 Å². The van der Waals surface area contributed by atoms with Crippen molar-refractivity contribution in [2.24, 2.45) is 0 Å². The van der Waals surface area contributed by atoms with Crippen molar-refractivity contribution in [1.82, 2.24) is 0 Å². The highest BCUT2D eigenvalue weighted by atomic mass is 35.5. The molecular formula is C19H14Cl4O. The molecule has 0 saturated heterocycles. The van der Waals surface area contributed by atoms with Crippen LogP contribution in [0, 0.1) is 0 Å². The molecule has 0 fully saturated rings. The fourth-order valence-electron chi connectivity index (χ4n) is 2.77. The first kappa shape index (κ1) is 17.7. The number of methoxy groups -OCH3 is 1. The van der Waals surface area contributed by atoms with Gasteiger partial charge in [0.1, 0.15) is 5.75 Å². The third-order valence-electron chi connectivity index (χ3n) is 4.00. The third kappa shape index (κ3) is 3.45. The normalized spacial score (nSPS) is 15.0. The SMILES string of the molecule is COc1ccc(C2=C(c3ccc(Cl)c(Cl)c3)CCC(Cl)=C2Cl)cc1. The second kappa shape index (κ2) is 7.41. The van der Waals surface area contributed by atoms with Gasteiger partial charge in [0.15, 0.2) is 0 Å². The van der Waals surface area contributed by atoms with Crippen LogP contribution in [-0.4, -0.2) is 7.11 Å². The predicted octanol–water partition coefficient (Wildman–Crippen LogP) is 7.40. The van der Waals surface area contributed by atoms with Gasteiger partial charge in [-0.05, 0) is 53.8 Å². The summed E-state index contributed by atoms with van der Waals surface area (Å²) < 4.78 is 5.23. The van der Waals surface area contributed by atoms with Crippen LogP contribution in [0.15, 0.2) is 52.5 Å². The van der Waals surface area contributed by atoms with E-state index in [0.717, 1.165) is 34.4 Å². The summed E-state index contributed by atoms with van der Waals surface area (Å²) in [7, 11) is 1.64. The molecule has 5 heteroatoms. The molecule has 0 heterocycles. The zero-order valence-electron chi connectivity index (χ0n) is 12.9. The van der Waals surface area contributed by atoms with E-state index in [1.54, 1.807) is 13.2 Å². The number of halogens is 4. The molecule has 0 saturated carbocycles. The van der Waals surface area contributed by atoms with Crippen LogP contribution in [-0.2, 0) is 0 Å². The highest BCUT2D eigenvalue weighted by molar-refractivity contribution is 6.46. The molecule has 0 aromatic heterocycles. The van der Waals surface area contributed by atoms with Crippen molar-refractivity contribution in [3.63, 3.8) is 0 Å². The van der Waals surface area contributed by atoms with E-state index in [9.17, 15) is 0 Å². The summed E-state index contributed by atoms with van der Waals surface area (Å²) >= 11 is 25.1. The predicted molar refractivity (Wildman–Crippen MR) is 104 cm³/mol. The number of allylic oxidation sites excluding steroid dienone is 4. The Balaban J connectivity index is 2.19. The van der Waals surface area contributed by atoms with E-state index < -0.39 is 0 Å². The van der Waals surface area contributed by atoms with Crippen LogP contribution in [0.2, 0.25) is 10.0 Å². The molecule has 2 aromatic carbocycles. The molecule has 1 aliphatic carbocycles. The molecule has 1 aliphatic rings. The maximum Gasteiger partial charge on any atom is 0.118 e. The van der Waals surface area contributed by atoms with Crippen LogP contribution in [0.4, 0.5) is 0 Å². The highest BCUT2D eigenvalue weighted by Gasteiger charge is 2.22. The average Bonchev–Trinajstić information content (AvgIpc) is 2.60. The van der Waals surface area contributed by atoms with Crippen LogP contribution < -0.4 is 4.74 Å². The molecule has 0 aliphatic heterocycles. The third-order valence-corrected chi connectivity index (χ3v) is 5.63. The molecule has 0 unspecified atom stereocenters. The fraction of sp³-hybridized carbons (Fsp3) is 0.158. The fourth-order valence-corrected chi connectivity index (χ4v) is 3.57. The van der Waals surface area contributed by atoms with Gasteiger partial charge in [-0.3, -0.25) is 0 Å². The first-order valence-electron chi connectivity index (χ1n) is 7.38. The molecule has 0 N–H and O–H groups in total. The number of ether oxygens (including phenoxy) is 1. The quantitative estimate of drug-likeness (QED) is 0.522. The summed E-state index contributed by atoms with van der Waals surface area (Å²) in [4.78, 5) is 0. The van der Waals surface area contributed by atoms with Gasteiger partial charge in [-0.1, -0.05) is 64.6 Å². The molecule has 24 heavy (non-hydrogen) atoms. The monoisotopic (exact) mass is 398 g/mol. The Morgan fingerprint density at radius 1 is 0.792 bits per heavy atom. The minimum absolute atomic E-state index is 0.521. The molecule has 0 radical (unpaired) electrons. The van der Waals surface area contributed by atoms with Crippen molar-refractivity contribution in [2.45, 2.75) is 12.8 Å². The molecule has 1 nitrogen and oxygen atoms in total. The van der Waals surface area contributed by atoms with Crippen LogP contribution in [0.5, 0.6) is 5.75 Å². The van der Waals surface area contributed by atoms with Crippen molar-refractivity contribution < 1.29 is 4.74 Å². The van der Waals surface area contributed by atoms with E-state index in [-0.39, 0.29) is 0 Å². The van der Waals surface area contributed by atoms with Crippen molar-refractivity contribution in [3.05, 3.63) is 73.7 Å². The lowest BCUT2D eigenvalue weighted by molar-refractivity contribution is 0.415. The average molecular weight is 400 g/mol. The van der Waals surface area contributed by atoms with Gasteiger partial charge in [0.25, 0.3) is 0 Å². The molecule has 0 atom stereocenters. The molecule has 0 spiro atoms. The Hall–Kier alpha value is -1.12. The van der Waals surface area contributed by atoms with Crippen molar-refractivity contribution in [2.75, 3.05) is 7.11 Å². The number of hydrogen-bond acceptors (Lipinski definition) is 1. The van der Waals surface area contributed by atoms with Gasteiger partial charge in [0.2, 0.25) is 0 Å². The van der Waals surface area contributed by atoms with Gasteiger partial charge in [-0.25, -0.2) is 0 Å². The maximum absolute atomic E-state index is 6.56.